The van der Waals surface area contributed by atoms with Gasteiger partial charge in [0.15, 0.2) is 0 Å². The standard InChI is InChI=1S/C20H28Cl2F2N4O3/c1-19(2,3)31-18(30)26-9-8-25-17(29)27-14-6-4-12(5-7-14)20(23,24)13-10-15(21)28-16(22)11-13/h10-12,14H,4-9H2,1-3H3,(H,26,30)(H2,25,27,29)/t12-,14+. The second-order valence-corrected chi connectivity index (χ2v) is 9.28. The van der Waals surface area contributed by atoms with Gasteiger partial charge in [-0.15, -0.1) is 0 Å². The molecule has 2 rings (SSSR count). The number of halogens is 4. The van der Waals surface area contributed by atoms with Crippen LogP contribution in [0, 0.1) is 5.92 Å². The fraction of sp³-hybridized carbons (Fsp3) is 0.650. The monoisotopic (exact) mass is 480 g/mol. The number of hydrogen-bond donors (Lipinski definition) is 3. The van der Waals surface area contributed by atoms with Crippen LogP contribution in [-0.4, -0.2) is 41.8 Å². The van der Waals surface area contributed by atoms with E-state index < -0.39 is 29.6 Å². The molecule has 1 aliphatic carbocycles. The van der Waals surface area contributed by atoms with E-state index in [0.717, 1.165) is 12.1 Å². The highest BCUT2D eigenvalue weighted by Gasteiger charge is 2.43. The van der Waals surface area contributed by atoms with Gasteiger partial charge < -0.3 is 20.7 Å². The zero-order chi connectivity index (χ0) is 23.2. The van der Waals surface area contributed by atoms with Crippen LogP contribution in [0.5, 0.6) is 0 Å². The maximum absolute atomic E-state index is 14.9. The Bertz CT molecular complexity index is 762. The zero-order valence-corrected chi connectivity index (χ0v) is 19.2. The van der Waals surface area contributed by atoms with E-state index >= 15 is 0 Å². The molecule has 1 heterocycles. The summed E-state index contributed by atoms with van der Waals surface area (Å²) in [4.78, 5) is 27.2. The van der Waals surface area contributed by atoms with E-state index in [0.29, 0.717) is 12.8 Å². The third kappa shape index (κ3) is 8.29. The second-order valence-electron chi connectivity index (χ2n) is 8.50. The van der Waals surface area contributed by atoms with Crippen molar-refractivity contribution in [1.29, 1.82) is 0 Å². The number of ether oxygens (including phenoxy) is 1. The molecule has 31 heavy (non-hydrogen) atoms. The maximum Gasteiger partial charge on any atom is 0.407 e. The Labute approximate surface area is 190 Å². The van der Waals surface area contributed by atoms with Gasteiger partial charge in [-0.3, -0.25) is 0 Å². The average molecular weight is 481 g/mol. The fourth-order valence-electron chi connectivity index (χ4n) is 3.38. The molecule has 3 amide bonds. The summed E-state index contributed by atoms with van der Waals surface area (Å²) < 4.78 is 34.8. The molecule has 0 unspecified atom stereocenters. The molecule has 0 spiro atoms. The van der Waals surface area contributed by atoms with Crippen molar-refractivity contribution in [2.45, 2.75) is 64.0 Å². The highest BCUT2D eigenvalue weighted by Crippen LogP contribution is 2.44. The van der Waals surface area contributed by atoms with Crippen molar-refractivity contribution in [2.24, 2.45) is 5.92 Å². The van der Waals surface area contributed by atoms with Crippen LogP contribution >= 0.6 is 23.2 Å². The molecule has 174 valence electrons. The molecule has 1 aromatic rings. The van der Waals surface area contributed by atoms with Gasteiger partial charge in [-0.05, 0) is 58.6 Å². The lowest BCUT2D eigenvalue weighted by atomic mass is 9.80. The first-order valence-electron chi connectivity index (χ1n) is 10.1. The lowest BCUT2D eigenvalue weighted by Crippen LogP contribution is -2.46. The number of nitrogens with one attached hydrogen (secondary N) is 3. The number of pyridine rings is 1. The van der Waals surface area contributed by atoms with Crippen LogP contribution in [0.4, 0.5) is 18.4 Å². The first-order chi connectivity index (χ1) is 14.4. The number of carbonyl (C=O) groups excluding carboxylic acids is 2. The molecule has 1 fully saturated rings. The van der Waals surface area contributed by atoms with E-state index in [1.54, 1.807) is 20.8 Å². The minimum atomic E-state index is -3.09. The van der Waals surface area contributed by atoms with Gasteiger partial charge in [0.1, 0.15) is 15.9 Å². The van der Waals surface area contributed by atoms with Crippen molar-refractivity contribution in [3.8, 4) is 0 Å². The summed E-state index contributed by atoms with van der Waals surface area (Å²) in [5.41, 5.74) is -0.843. The smallest absolute Gasteiger partial charge is 0.407 e. The molecule has 7 nitrogen and oxygen atoms in total. The van der Waals surface area contributed by atoms with Gasteiger partial charge in [-0.25, -0.2) is 23.4 Å². The summed E-state index contributed by atoms with van der Waals surface area (Å²) in [6.07, 6.45) is 0.781. The molecule has 1 aromatic heterocycles. The summed E-state index contributed by atoms with van der Waals surface area (Å²) in [6, 6.07) is 1.66. The molecule has 1 aliphatic rings. The van der Waals surface area contributed by atoms with Crippen LogP contribution < -0.4 is 16.0 Å². The van der Waals surface area contributed by atoms with E-state index in [-0.39, 0.29) is 47.8 Å². The molecule has 1 saturated carbocycles. The third-order valence-corrected chi connectivity index (χ3v) is 5.19. The molecule has 0 saturated heterocycles. The molecule has 3 N–H and O–H groups in total. The Balaban J connectivity index is 1.72. The Morgan fingerprint density at radius 3 is 2.16 bits per heavy atom. The van der Waals surface area contributed by atoms with Crippen LogP contribution in [0.3, 0.4) is 0 Å². The van der Waals surface area contributed by atoms with Crippen LogP contribution in [0.15, 0.2) is 12.1 Å². The predicted octanol–water partition coefficient (Wildman–Crippen LogP) is 4.86. The van der Waals surface area contributed by atoms with Crippen molar-refractivity contribution in [2.75, 3.05) is 13.1 Å². The van der Waals surface area contributed by atoms with E-state index in [2.05, 4.69) is 20.9 Å². The quantitative estimate of drug-likeness (QED) is 0.400. The Morgan fingerprint density at radius 1 is 1.06 bits per heavy atom. The molecule has 0 radical (unpaired) electrons. The van der Waals surface area contributed by atoms with Crippen LogP contribution in [0.2, 0.25) is 10.3 Å². The van der Waals surface area contributed by atoms with Gasteiger partial charge in [-0.1, -0.05) is 23.2 Å². The van der Waals surface area contributed by atoms with E-state index in [9.17, 15) is 18.4 Å². The number of urea groups is 1. The summed E-state index contributed by atoms with van der Waals surface area (Å²) in [5.74, 6) is -3.96. The number of aromatic nitrogens is 1. The minimum absolute atomic E-state index is 0.0737. The van der Waals surface area contributed by atoms with Crippen molar-refractivity contribution < 1.29 is 23.1 Å². The van der Waals surface area contributed by atoms with Crippen molar-refractivity contribution in [3.05, 3.63) is 28.0 Å². The molecular formula is C20H28Cl2F2N4O3. The zero-order valence-electron chi connectivity index (χ0n) is 17.7. The lowest BCUT2D eigenvalue weighted by Gasteiger charge is -2.34. The number of alkyl halides is 2. The van der Waals surface area contributed by atoms with Gasteiger partial charge in [0.2, 0.25) is 0 Å². The topological polar surface area (TPSA) is 92.4 Å². The molecule has 11 heteroatoms. The van der Waals surface area contributed by atoms with Gasteiger partial charge in [0, 0.05) is 30.6 Å². The molecule has 0 bridgehead atoms. The Kier molecular flexibility index (Phi) is 8.71. The van der Waals surface area contributed by atoms with Crippen molar-refractivity contribution in [3.63, 3.8) is 0 Å². The molecule has 0 aliphatic heterocycles. The number of amides is 3. The van der Waals surface area contributed by atoms with Crippen molar-refractivity contribution >= 4 is 35.3 Å². The summed E-state index contributed by atoms with van der Waals surface area (Å²) in [5, 5.41) is 7.79. The number of nitrogens with zero attached hydrogens (tertiary/aromatic N) is 1. The molecule has 0 atom stereocenters. The second kappa shape index (κ2) is 10.6. The highest BCUT2D eigenvalue weighted by molar-refractivity contribution is 6.32. The third-order valence-electron chi connectivity index (χ3n) is 4.80. The van der Waals surface area contributed by atoms with E-state index in [4.69, 9.17) is 27.9 Å². The van der Waals surface area contributed by atoms with Crippen molar-refractivity contribution in [1.82, 2.24) is 20.9 Å². The first kappa shape index (κ1) is 25.4. The van der Waals surface area contributed by atoms with Gasteiger partial charge >= 0.3 is 12.1 Å². The van der Waals surface area contributed by atoms with Gasteiger partial charge in [-0.2, -0.15) is 0 Å². The summed E-state index contributed by atoms with van der Waals surface area (Å²) >= 11 is 11.5. The SMILES string of the molecule is CC(C)(C)OC(=O)NCCNC(=O)N[C@H]1CC[C@@H](C(F)(F)c2cc(Cl)nc(Cl)c2)CC1. The molecule has 0 aromatic carbocycles. The lowest BCUT2D eigenvalue weighted by molar-refractivity contribution is -0.0797. The van der Waals surface area contributed by atoms with Crippen LogP contribution in [0.25, 0.3) is 0 Å². The summed E-state index contributed by atoms with van der Waals surface area (Å²) in [7, 11) is 0. The van der Waals surface area contributed by atoms with Gasteiger partial charge in [0.05, 0.1) is 0 Å². The number of hydrogen-bond acceptors (Lipinski definition) is 4. The number of rotatable bonds is 6. The van der Waals surface area contributed by atoms with E-state index in [1.165, 1.54) is 0 Å². The minimum Gasteiger partial charge on any atom is -0.444 e. The summed E-state index contributed by atoms with van der Waals surface area (Å²) in [6.45, 7) is 5.68. The molecular weight excluding hydrogens is 453 g/mol. The number of carbonyl (C=O) groups is 2. The van der Waals surface area contributed by atoms with E-state index in [1.807, 2.05) is 0 Å². The Morgan fingerprint density at radius 2 is 1.61 bits per heavy atom. The first-order valence-corrected chi connectivity index (χ1v) is 10.8. The largest absolute Gasteiger partial charge is 0.444 e. The highest BCUT2D eigenvalue weighted by atomic mass is 35.5. The van der Waals surface area contributed by atoms with Crippen LogP contribution in [0.1, 0.15) is 52.0 Å². The predicted molar refractivity (Wildman–Crippen MR) is 115 cm³/mol. The van der Waals surface area contributed by atoms with Crippen LogP contribution in [-0.2, 0) is 10.7 Å². The average Bonchev–Trinajstić information content (AvgIpc) is 2.63. The number of alkyl carbamates (subject to hydrolysis) is 1. The van der Waals surface area contributed by atoms with Gasteiger partial charge in [0.25, 0.3) is 5.92 Å². The fourth-order valence-corrected chi connectivity index (χ4v) is 3.84. The maximum atomic E-state index is 14.9. The Hall–Kier alpha value is -1.87. The normalized spacial score (nSPS) is 19.5.